The number of nitrogens with one attached hydrogen (secondary N) is 1. The molecule has 0 spiro atoms. The van der Waals surface area contributed by atoms with Crippen molar-refractivity contribution in [3.63, 3.8) is 0 Å². The van der Waals surface area contributed by atoms with Crippen LogP contribution in [0.15, 0.2) is 42.5 Å². The van der Waals surface area contributed by atoms with Crippen molar-refractivity contribution in [2.24, 2.45) is 0 Å². The Balaban J connectivity index is 1.39. The minimum absolute atomic E-state index is 0.271. The minimum atomic E-state index is -0.628. The number of anilines is 1. The predicted octanol–water partition coefficient (Wildman–Crippen LogP) is 5.42. The number of esters is 1. The van der Waals surface area contributed by atoms with E-state index >= 15 is 0 Å². The van der Waals surface area contributed by atoms with Gasteiger partial charge in [-0.1, -0.05) is 35.3 Å². The highest BCUT2D eigenvalue weighted by Gasteiger charge is 2.16. The van der Waals surface area contributed by atoms with Crippen LogP contribution in [0, 0.1) is 0 Å². The number of hydrogen-bond donors (Lipinski definition) is 1. The zero-order valence-corrected chi connectivity index (χ0v) is 18.5. The largest absolute Gasteiger partial charge is 0.482 e. The van der Waals surface area contributed by atoms with Crippen molar-refractivity contribution < 1.29 is 19.1 Å². The van der Waals surface area contributed by atoms with Gasteiger partial charge in [0.1, 0.15) is 5.75 Å². The Kier molecular flexibility index (Phi) is 8.41. The molecule has 29 heavy (non-hydrogen) atoms. The summed E-state index contributed by atoms with van der Waals surface area (Å²) in [6, 6.07) is 12.4. The molecule has 1 amide bonds. The number of thioether (sulfide) groups is 2. The third kappa shape index (κ3) is 7.03. The number of benzene rings is 2. The molecule has 9 heteroatoms. The van der Waals surface area contributed by atoms with Crippen LogP contribution in [-0.4, -0.2) is 36.6 Å². The molecule has 1 fully saturated rings. The predicted molar refractivity (Wildman–Crippen MR) is 120 cm³/mol. The molecule has 0 saturated carbocycles. The maximum atomic E-state index is 11.9. The lowest BCUT2D eigenvalue weighted by Gasteiger charge is -2.21. The summed E-state index contributed by atoms with van der Waals surface area (Å²) in [7, 11) is 0. The second-order valence-corrected chi connectivity index (χ2v) is 9.66. The van der Waals surface area contributed by atoms with Crippen LogP contribution >= 0.6 is 46.7 Å². The molecule has 0 radical (unpaired) electrons. The van der Waals surface area contributed by atoms with Gasteiger partial charge in [0.2, 0.25) is 0 Å². The molecule has 0 atom stereocenters. The highest BCUT2D eigenvalue weighted by Crippen LogP contribution is 2.43. The van der Waals surface area contributed by atoms with E-state index < -0.39 is 18.5 Å². The van der Waals surface area contributed by atoms with Gasteiger partial charge in [-0.05, 0) is 53.8 Å². The zero-order chi connectivity index (χ0) is 20.6. The van der Waals surface area contributed by atoms with E-state index in [0.717, 1.165) is 0 Å². The highest BCUT2D eigenvalue weighted by atomic mass is 35.5. The van der Waals surface area contributed by atoms with E-state index in [1.165, 1.54) is 29.6 Å². The Labute approximate surface area is 187 Å². The molecule has 154 valence electrons. The van der Waals surface area contributed by atoms with Crippen LogP contribution in [0.1, 0.15) is 16.6 Å². The second-order valence-electron chi connectivity index (χ2n) is 6.12. The molecule has 0 aromatic heterocycles. The van der Waals surface area contributed by atoms with Crippen molar-refractivity contribution in [1.82, 2.24) is 0 Å². The summed E-state index contributed by atoms with van der Waals surface area (Å²) in [5, 5.41) is 3.28. The standard InChI is InChI=1S/C20H19Cl2NO4S2/c21-16-7-4-14(10-17(16)22)23-18(24)11-27-19(25)12-26-15-5-2-13(3-6-15)20-28-8-1-9-29-20/h2-7,10,20H,1,8-9,11-12H2,(H,23,24). The normalized spacial score (nSPS) is 14.3. The summed E-state index contributed by atoms with van der Waals surface area (Å²) in [4.78, 5) is 23.7. The van der Waals surface area contributed by atoms with Crippen LogP contribution in [0.25, 0.3) is 0 Å². The first-order valence-electron chi connectivity index (χ1n) is 8.88. The van der Waals surface area contributed by atoms with Crippen molar-refractivity contribution in [1.29, 1.82) is 0 Å². The first-order valence-corrected chi connectivity index (χ1v) is 11.7. The fraction of sp³-hybridized carbons (Fsp3) is 0.300. The summed E-state index contributed by atoms with van der Waals surface area (Å²) >= 11 is 15.6. The number of halogens is 2. The van der Waals surface area contributed by atoms with Gasteiger partial charge >= 0.3 is 5.97 Å². The molecule has 3 rings (SSSR count). The van der Waals surface area contributed by atoms with Gasteiger partial charge in [-0.15, -0.1) is 23.5 Å². The molecule has 0 unspecified atom stereocenters. The van der Waals surface area contributed by atoms with Crippen LogP contribution in [0.4, 0.5) is 5.69 Å². The Hall–Kier alpha value is -1.54. The van der Waals surface area contributed by atoms with Crippen LogP contribution < -0.4 is 10.1 Å². The molecule has 1 saturated heterocycles. The number of amides is 1. The van der Waals surface area contributed by atoms with Crippen molar-refractivity contribution in [2.45, 2.75) is 11.0 Å². The van der Waals surface area contributed by atoms with Gasteiger partial charge in [-0.3, -0.25) is 4.79 Å². The number of rotatable bonds is 7. The van der Waals surface area contributed by atoms with Crippen molar-refractivity contribution in [2.75, 3.05) is 30.0 Å². The summed E-state index contributed by atoms with van der Waals surface area (Å²) in [5.74, 6) is 1.83. The van der Waals surface area contributed by atoms with Gasteiger partial charge < -0.3 is 14.8 Å². The van der Waals surface area contributed by atoms with Gasteiger partial charge in [0.25, 0.3) is 5.91 Å². The lowest BCUT2D eigenvalue weighted by atomic mass is 10.2. The van der Waals surface area contributed by atoms with Gasteiger partial charge in [0.05, 0.1) is 14.6 Å². The molecule has 1 aliphatic heterocycles. The molecule has 1 aliphatic rings. The molecule has 1 N–H and O–H groups in total. The quantitative estimate of drug-likeness (QED) is 0.543. The first kappa shape index (κ1) is 22.2. The molecule has 5 nitrogen and oxygen atoms in total. The fourth-order valence-electron chi connectivity index (χ4n) is 2.50. The molecule has 1 heterocycles. The van der Waals surface area contributed by atoms with E-state index in [4.69, 9.17) is 32.7 Å². The van der Waals surface area contributed by atoms with E-state index in [1.54, 1.807) is 12.1 Å². The van der Waals surface area contributed by atoms with Gasteiger partial charge in [-0.25, -0.2) is 4.79 Å². The molecule has 0 bridgehead atoms. The lowest BCUT2D eigenvalue weighted by molar-refractivity contribution is -0.149. The van der Waals surface area contributed by atoms with Crippen LogP contribution in [0.2, 0.25) is 10.0 Å². The van der Waals surface area contributed by atoms with Crippen molar-refractivity contribution >= 4 is 64.3 Å². The average molecular weight is 472 g/mol. The number of carbonyl (C=O) groups is 2. The summed E-state index contributed by atoms with van der Waals surface area (Å²) in [5.41, 5.74) is 1.71. The van der Waals surface area contributed by atoms with Gasteiger partial charge in [0, 0.05) is 5.69 Å². The molecule has 2 aromatic rings. The second kappa shape index (κ2) is 11.0. The van der Waals surface area contributed by atoms with Crippen molar-refractivity contribution in [3.05, 3.63) is 58.1 Å². The molecule has 2 aromatic carbocycles. The molecular formula is C20H19Cl2NO4S2. The third-order valence-electron chi connectivity index (χ3n) is 3.90. The van der Waals surface area contributed by atoms with Gasteiger partial charge in [0.15, 0.2) is 13.2 Å². The van der Waals surface area contributed by atoms with E-state index in [1.807, 2.05) is 47.8 Å². The smallest absolute Gasteiger partial charge is 0.344 e. The molecule has 0 aliphatic carbocycles. The fourth-order valence-corrected chi connectivity index (χ4v) is 5.69. The monoisotopic (exact) mass is 471 g/mol. The zero-order valence-electron chi connectivity index (χ0n) is 15.4. The Morgan fingerprint density at radius 2 is 1.72 bits per heavy atom. The average Bonchev–Trinajstić information content (AvgIpc) is 2.74. The van der Waals surface area contributed by atoms with E-state index in [-0.39, 0.29) is 6.61 Å². The van der Waals surface area contributed by atoms with E-state index in [9.17, 15) is 9.59 Å². The topological polar surface area (TPSA) is 64.6 Å². The molecular weight excluding hydrogens is 453 g/mol. The van der Waals surface area contributed by atoms with Crippen LogP contribution in [0.3, 0.4) is 0 Å². The Morgan fingerprint density at radius 1 is 1.00 bits per heavy atom. The van der Waals surface area contributed by atoms with E-state index in [0.29, 0.717) is 26.1 Å². The number of ether oxygens (including phenoxy) is 2. The van der Waals surface area contributed by atoms with Gasteiger partial charge in [-0.2, -0.15) is 0 Å². The maximum absolute atomic E-state index is 11.9. The summed E-state index contributed by atoms with van der Waals surface area (Å²) < 4.78 is 10.8. The van der Waals surface area contributed by atoms with Crippen LogP contribution in [-0.2, 0) is 14.3 Å². The van der Waals surface area contributed by atoms with E-state index in [2.05, 4.69) is 5.32 Å². The Morgan fingerprint density at radius 3 is 2.41 bits per heavy atom. The number of carbonyl (C=O) groups excluding carboxylic acids is 2. The Bertz CT molecular complexity index is 858. The third-order valence-corrected chi connectivity index (χ3v) is 7.66. The number of hydrogen-bond acceptors (Lipinski definition) is 6. The maximum Gasteiger partial charge on any atom is 0.344 e. The summed E-state index contributed by atoms with van der Waals surface area (Å²) in [6.07, 6.45) is 1.25. The lowest BCUT2D eigenvalue weighted by Crippen LogP contribution is -2.23. The first-order chi connectivity index (χ1) is 14.0. The summed E-state index contributed by atoms with van der Waals surface area (Å²) in [6.45, 7) is -0.691. The highest BCUT2D eigenvalue weighted by molar-refractivity contribution is 8.16. The SMILES string of the molecule is O=C(COC(=O)COc1ccc(C2SCCCS2)cc1)Nc1ccc(Cl)c(Cl)c1. The van der Waals surface area contributed by atoms with Crippen molar-refractivity contribution in [3.8, 4) is 5.75 Å². The van der Waals surface area contributed by atoms with Crippen LogP contribution in [0.5, 0.6) is 5.75 Å². The minimum Gasteiger partial charge on any atom is -0.482 e.